The summed E-state index contributed by atoms with van der Waals surface area (Å²) < 4.78 is 0.632. The summed E-state index contributed by atoms with van der Waals surface area (Å²) in [6.45, 7) is 1.35. The fourth-order valence-electron chi connectivity index (χ4n) is 1.05. The van der Waals surface area contributed by atoms with Crippen LogP contribution in [-0.2, 0) is 4.79 Å². The van der Waals surface area contributed by atoms with Crippen molar-refractivity contribution in [3.05, 3.63) is 21.3 Å². The molecule has 0 aromatic heterocycles. The smallest absolute Gasteiger partial charge is 0.335 e. The van der Waals surface area contributed by atoms with Gasteiger partial charge in [-0.05, 0) is 34.7 Å². The van der Waals surface area contributed by atoms with Crippen molar-refractivity contribution in [1.29, 1.82) is 0 Å². The first-order valence-corrected chi connectivity index (χ1v) is 5.09. The predicted molar refractivity (Wildman–Crippen MR) is 64.8 cm³/mol. The molecule has 0 aliphatic carbocycles. The van der Waals surface area contributed by atoms with Crippen molar-refractivity contribution >= 4 is 45.8 Å². The molecular weight excluding hydrogens is 311 g/mol. The maximum atomic E-state index is 10.9. The highest BCUT2D eigenvalue weighted by atomic mass is 127. The summed E-state index contributed by atoms with van der Waals surface area (Å²) in [4.78, 5) is 21.6. The van der Waals surface area contributed by atoms with Gasteiger partial charge in [0.1, 0.15) is 0 Å². The Kier molecular flexibility index (Phi) is 3.51. The van der Waals surface area contributed by atoms with E-state index in [0.29, 0.717) is 14.9 Å². The largest absolute Gasteiger partial charge is 0.478 e. The standard InChI is InChI=1S/C9H9IN2O3/c1-4(13)12-7-3-5(9(14)15)2-6(11)8(7)10/h2-3H,11H2,1H3,(H,12,13)(H,14,15). The summed E-state index contributed by atoms with van der Waals surface area (Å²) in [6, 6.07) is 2.73. The van der Waals surface area contributed by atoms with Crippen molar-refractivity contribution < 1.29 is 14.7 Å². The van der Waals surface area contributed by atoms with Gasteiger partial charge in [0.05, 0.1) is 14.8 Å². The van der Waals surface area contributed by atoms with Crippen molar-refractivity contribution in [2.75, 3.05) is 11.1 Å². The molecule has 0 radical (unpaired) electrons. The highest BCUT2D eigenvalue weighted by Gasteiger charge is 2.11. The van der Waals surface area contributed by atoms with Crippen LogP contribution in [0.5, 0.6) is 0 Å². The van der Waals surface area contributed by atoms with Gasteiger partial charge in [-0.25, -0.2) is 4.79 Å². The molecule has 0 bridgehead atoms. The minimum absolute atomic E-state index is 0.0525. The molecule has 0 aliphatic heterocycles. The summed E-state index contributed by atoms with van der Waals surface area (Å²) in [5.41, 5.74) is 6.42. The number of carbonyl (C=O) groups is 2. The van der Waals surface area contributed by atoms with E-state index >= 15 is 0 Å². The summed E-state index contributed by atoms with van der Waals surface area (Å²) in [6.07, 6.45) is 0. The molecule has 0 atom stereocenters. The van der Waals surface area contributed by atoms with Gasteiger partial charge >= 0.3 is 5.97 Å². The Morgan fingerprint density at radius 2 is 2.07 bits per heavy atom. The van der Waals surface area contributed by atoms with Gasteiger partial charge < -0.3 is 16.2 Å². The molecule has 0 saturated heterocycles. The zero-order valence-electron chi connectivity index (χ0n) is 7.87. The maximum absolute atomic E-state index is 10.9. The van der Waals surface area contributed by atoms with Crippen LogP contribution in [0.3, 0.4) is 0 Å². The highest BCUT2D eigenvalue weighted by molar-refractivity contribution is 14.1. The number of nitrogens with one attached hydrogen (secondary N) is 1. The van der Waals surface area contributed by atoms with Gasteiger partial charge in [-0.1, -0.05) is 0 Å². The molecule has 0 aliphatic rings. The lowest BCUT2D eigenvalue weighted by Gasteiger charge is -2.08. The Morgan fingerprint density at radius 1 is 1.47 bits per heavy atom. The van der Waals surface area contributed by atoms with Crippen LogP contribution in [-0.4, -0.2) is 17.0 Å². The second kappa shape index (κ2) is 4.47. The van der Waals surface area contributed by atoms with E-state index < -0.39 is 5.97 Å². The number of nitrogens with two attached hydrogens (primary N) is 1. The van der Waals surface area contributed by atoms with Crippen molar-refractivity contribution in [2.24, 2.45) is 0 Å². The number of halogens is 1. The average molecular weight is 320 g/mol. The van der Waals surface area contributed by atoms with E-state index in [1.54, 1.807) is 0 Å². The molecule has 0 spiro atoms. The van der Waals surface area contributed by atoms with Gasteiger partial charge in [-0.15, -0.1) is 0 Å². The minimum atomic E-state index is -1.08. The first-order chi connectivity index (χ1) is 6.91. The quantitative estimate of drug-likeness (QED) is 0.569. The maximum Gasteiger partial charge on any atom is 0.335 e. The Hall–Kier alpha value is -1.31. The van der Waals surface area contributed by atoms with Crippen LogP contribution in [0.25, 0.3) is 0 Å². The minimum Gasteiger partial charge on any atom is -0.478 e. The van der Waals surface area contributed by atoms with Crippen LogP contribution >= 0.6 is 22.6 Å². The molecule has 1 amide bonds. The van der Waals surface area contributed by atoms with Gasteiger partial charge in [-0.3, -0.25) is 4.79 Å². The first-order valence-electron chi connectivity index (χ1n) is 4.01. The normalized spacial score (nSPS) is 9.73. The van der Waals surface area contributed by atoms with Gasteiger partial charge in [0.25, 0.3) is 0 Å². The number of aromatic carboxylic acids is 1. The van der Waals surface area contributed by atoms with Gasteiger partial charge in [0.2, 0.25) is 5.91 Å². The molecule has 1 aromatic rings. The predicted octanol–water partition coefficient (Wildman–Crippen LogP) is 1.53. The van der Waals surface area contributed by atoms with Crippen molar-refractivity contribution in [3.63, 3.8) is 0 Å². The van der Waals surface area contributed by atoms with Gasteiger partial charge in [-0.2, -0.15) is 0 Å². The lowest BCUT2D eigenvalue weighted by atomic mass is 10.2. The van der Waals surface area contributed by atoms with Crippen LogP contribution in [0, 0.1) is 3.57 Å². The second-order valence-corrected chi connectivity index (χ2v) is 3.99. The van der Waals surface area contributed by atoms with E-state index in [1.165, 1.54) is 19.1 Å². The van der Waals surface area contributed by atoms with E-state index in [4.69, 9.17) is 10.8 Å². The first kappa shape index (κ1) is 11.8. The van der Waals surface area contributed by atoms with E-state index in [2.05, 4.69) is 5.32 Å². The van der Waals surface area contributed by atoms with Gasteiger partial charge in [0, 0.05) is 12.6 Å². The molecule has 0 saturated carbocycles. The average Bonchev–Trinajstić information content (AvgIpc) is 2.11. The summed E-state index contributed by atoms with van der Waals surface area (Å²) in [7, 11) is 0. The third-order valence-electron chi connectivity index (χ3n) is 1.66. The fourth-order valence-corrected chi connectivity index (χ4v) is 1.50. The van der Waals surface area contributed by atoms with E-state index in [0.717, 1.165) is 0 Å². The van der Waals surface area contributed by atoms with Crippen LogP contribution in [0.4, 0.5) is 11.4 Å². The van der Waals surface area contributed by atoms with E-state index in [1.807, 2.05) is 22.6 Å². The highest BCUT2D eigenvalue weighted by Crippen LogP contribution is 2.26. The van der Waals surface area contributed by atoms with Crippen molar-refractivity contribution in [2.45, 2.75) is 6.92 Å². The molecule has 0 unspecified atom stereocenters. The zero-order chi connectivity index (χ0) is 11.6. The van der Waals surface area contributed by atoms with Crippen LogP contribution in [0.1, 0.15) is 17.3 Å². The van der Waals surface area contributed by atoms with Crippen LogP contribution in [0.2, 0.25) is 0 Å². The third-order valence-corrected chi connectivity index (χ3v) is 2.86. The molecule has 80 valence electrons. The van der Waals surface area contributed by atoms with E-state index in [-0.39, 0.29) is 11.5 Å². The molecule has 4 N–H and O–H groups in total. The monoisotopic (exact) mass is 320 g/mol. The number of rotatable bonds is 2. The Morgan fingerprint density at radius 3 is 2.53 bits per heavy atom. The molecule has 0 heterocycles. The van der Waals surface area contributed by atoms with E-state index in [9.17, 15) is 9.59 Å². The van der Waals surface area contributed by atoms with Crippen molar-refractivity contribution in [1.82, 2.24) is 0 Å². The number of benzene rings is 1. The molecule has 15 heavy (non-hydrogen) atoms. The number of carboxylic acids is 1. The van der Waals surface area contributed by atoms with Crippen LogP contribution < -0.4 is 11.1 Å². The molecule has 1 rings (SSSR count). The number of anilines is 2. The Bertz CT molecular complexity index is 432. The number of carbonyl (C=O) groups excluding carboxylic acids is 1. The molecule has 1 aromatic carbocycles. The SMILES string of the molecule is CC(=O)Nc1cc(C(=O)O)cc(N)c1I. The zero-order valence-corrected chi connectivity index (χ0v) is 10.0. The molecular formula is C9H9IN2O3. The molecule has 5 nitrogen and oxygen atoms in total. The summed E-state index contributed by atoms with van der Waals surface area (Å²) >= 11 is 1.95. The Labute approximate surface area is 99.8 Å². The van der Waals surface area contributed by atoms with Crippen molar-refractivity contribution in [3.8, 4) is 0 Å². The van der Waals surface area contributed by atoms with Crippen LogP contribution in [0.15, 0.2) is 12.1 Å². The molecule has 6 heteroatoms. The second-order valence-electron chi connectivity index (χ2n) is 2.91. The number of nitrogen functional groups attached to an aromatic ring is 1. The number of hydrogen-bond acceptors (Lipinski definition) is 3. The lowest BCUT2D eigenvalue weighted by molar-refractivity contribution is -0.114. The Balaban J connectivity index is 3.24. The number of amides is 1. The topological polar surface area (TPSA) is 92.4 Å². The number of carboxylic acid groups (broad SMARTS) is 1. The third kappa shape index (κ3) is 2.82. The summed E-state index contributed by atoms with van der Waals surface area (Å²) in [5, 5.41) is 11.3. The summed E-state index contributed by atoms with van der Waals surface area (Å²) in [5.74, 6) is -1.35. The fraction of sp³-hybridized carbons (Fsp3) is 0.111. The van der Waals surface area contributed by atoms with Gasteiger partial charge in [0.15, 0.2) is 0 Å². The molecule has 0 fully saturated rings. The lowest BCUT2D eigenvalue weighted by Crippen LogP contribution is -2.10. The number of hydrogen-bond donors (Lipinski definition) is 3.